The van der Waals surface area contributed by atoms with Gasteiger partial charge in [-0.1, -0.05) is 72.8 Å². The molecule has 0 aliphatic carbocycles. The fraction of sp³-hybridized carbons (Fsp3) is 0.207. The van der Waals surface area contributed by atoms with Crippen LogP contribution in [0.3, 0.4) is 0 Å². The van der Waals surface area contributed by atoms with Gasteiger partial charge in [0.2, 0.25) is 0 Å². The van der Waals surface area contributed by atoms with Crippen LogP contribution in [0.25, 0.3) is 0 Å². The lowest BCUT2D eigenvalue weighted by atomic mass is 9.91. The fourth-order valence-corrected chi connectivity index (χ4v) is 4.20. The largest absolute Gasteiger partial charge is 0.497 e. The van der Waals surface area contributed by atoms with Crippen LogP contribution in [-0.2, 0) is 22.7 Å². The minimum absolute atomic E-state index is 0.239. The first-order valence-corrected chi connectivity index (χ1v) is 11.1. The maximum Gasteiger partial charge on any atom is 0.318 e. The average molecular weight is 440 g/mol. The number of carbonyl (C=O) groups is 1. The summed E-state index contributed by atoms with van der Waals surface area (Å²) in [6.07, 6.45) is 0. The Balaban J connectivity index is 1.70. The molecular formula is C29H29NO3. The smallest absolute Gasteiger partial charge is 0.318 e. The molecule has 0 aliphatic heterocycles. The lowest BCUT2D eigenvalue weighted by molar-refractivity contribution is -0.145. The highest BCUT2D eigenvalue weighted by Crippen LogP contribution is 2.33. The van der Waals surface area contributed by atoms with Crippen molar-refractivity contribution < 1.29 is 14.3 Å². The first-order chi connectivity index (χ1) is 16.1. The van der Waals surface area contributed by atoms with Crippen molar-refractivity contribution >= 4 is 5.97 Å². The van der Waals surface area contributed by atoms with Gasteiger partial charge in [-0.25, -0.2) is 0 Å². The van der Waals surface area contributed by atoms with E-state index in [1.54, 1.807) is 7.11 Å². The van der Waals surface area contributed by atoms with Crippen molar-refractivity contribution in [2.75, 3.05) is 7.11 Å². The molecule has 0 spiro atoms. The Morgan fingerprint density at radius 1 is 0.848 bits per heavy atom. The van der Waals surface area contributed by atoms with Crippen LogP contribution in [0.4, 0.5) is 0 Å². The van der Waals surface area contributed by atoms with Crippen molar-refractivity contribution in [3.63, 3.8) is 0 Å². The standard InChI is InChI=1S/C29H29NO3/c1-21-17-27(22(2)30(21)19-23-11-6-4-7-12-23)28(25-15-10-16-26(18-25)32-3)29(31)33-20-24-13-8-5-9-14-24/h4-18,28H,19-20H2,1-3H3/t28-/m1/s1. The molecule has 0 fully saturated rings. The van der Waals surface area contributed by atoms with Crippen molar-refractivity contribution in [2.45, 2.75) is 32.9 Å². The SMILES string of the molecule is COc1cccc([C@@H](C(=O)OCc2ccccc2)c2cc(C)n(Cc3ccccc3)c2C)c1. The van der Waals surface area contributed by atoms with Crippen molar-refractivity contribution in [2.24, 2.45) is 0 Å². The van der Waals surface area contributed by atoms with Crippen molar-refractivity contribution in [1.82, 2.24) is 4.57 Å². The number of carbonyl (C=O) groups excluding carboxylic acids is 1. The van der Waals surface area contributed by atoms with E-state index in [2.05, 4.69) is 36.6 Å². The molecule has 0 unspecified atom stereocenters. The van der Waals surface area contributed by atoms with Crippen LogP contribution in [0.5, 0.6) is 5.75 Å². The molecule has 0 N–H and O–H groups in total. The van der Waals surface area contributed by atoms with Gasteiger partial charge in [0, 0.05) is 17.9 Å². The number of rotatable bonds is 8. The minimum Gasteiger partial charge on any atom is -0.497 e. The van der Waals surface area contributed by atoms with Gasteiger partial charge in [0.25, 0.3) is 0 Å². The molecule has 4 aromatic rings. The first-order valence-electron chi connectivity index (χ1n) is 11.1. The van der Waals surface area contributed by atoms with E-state index in [9.17, 15) is 4.79 Å². The number of hydrogen-bond acceptors (Lipinski definition) is 3. The van der Waals surface area contributed by atoms with E-state index in [0.29, 0.717) is 5.75 Å². The zero-order valence-corrected chi connectivity index (χ0v) is 19.3. The van der Waals surface area contributed by atoms with E-state index in [1.807, 2.05) is 72.8 Å². The third-order valence-corrected chi connectivity index (χ3v) is 5.99. The number of benzene rings is 3. The molecule has 3 aromatic carbocycles. The molecule has 0 amide bonds. The summed E-state index contributed by atoms with van der Waals surface area (Å²) in [7, 11) is 1.63. The van der Waals surface area contributed by atoms with E-state index >= 15 is 0 Å². The predicted octanol–water partition coefficient (Wildman–Crippen LogP) is 6.04. The Kier molecular flexibility index (Phi) is 6.94. The van der Waals surface area contributed by atoms with E-state index in [0.717, 1.165) is 34.6 Å². The summed E-state index contributed by atoms with van der Waals surface area (Å²) in [4.78, 5) is 13.5. The van der Waals surface area contributed by atoms with Gasteiger partial charge in [-0.15, -0.1) is 0 Å². The summed E-state index contributed by atoms with van der Waals surface area (Å²) in [6.45, 7) is 5.14. The maximum absolute atomic E-state index is 13.5. The van der Waals surface area contributed by atoms with E-state index < -0.39 is 5.92 Å². The Morgan fingerprint density at radius 2 is 1.52 bits per heavy atom. The molecule has 0 saturated carbocycles. The minimum atomic E-state index is -0.542. The zero-order valence-electron chi connectivity index (χ0n) is 19.3. The van der Waals surface area contributed by atoms with Crippen LogP contribution in [0.15, 0.2) is 91.0 Å². The highest BCUT2D eigenvalue weighted by Gasteiger charge is 2.29. The molecule has 4 rings (SSSR count). The molecule has 1 aromatic heterocycles. The van der Waals surface area contributed by atoms with Crippen LogP contribution in [0.2, 0.25) is 0 Å². The number of hydrogen-bond donors (Lipinski definition) is 0. The summed E-state index contributed by atoms with van der Waals surface area (Å²) in [5, 5.41) is 0. The molecule has 0 bridgehead atoms. The number of nitrogens with zero attached hydrogens (tertiary/aromatic N) is 1. The first kappa shape index (κ1) is 22.4. The lowest BCUT2D eigenvalue weighted by Gasteiger charge is -2.18. The summed E-state index contributed by atoms with van der Waals surface area (Å²) in [5.74, 6) is -0.0990. The normalized spacial score (nSPS) is 11.7. The summed E-state index contributed by atoms with van der Waals surface area (Å²) >= 11 is 0. The van der Waals surface area contributed by atoms with Crippen LogP contribution >= 0.6 is 0 Å². The van der Waals surface area contributed by atoms with Crippen LogP contribution in [-0.4, -0.2) is 17.6 Å². The molecular weight excluding hydrogens is 410 g/mol. The summed E-state index contributed by atoms with van der Waals surface area (Å²) < 4.78 is 13.5. The second kappa shape index (κ2) is 10.2. The third-order valence-electron chi connectivity index (χ3n) is 5.99. The fourth-order valence-electron chi connectivity index (χ4n) is 4.20. The molecule has 0 radical (unpaired) electrons. The Labute approximate surface area is 195 Å². The number of esters is 1. The Bertz CT molecular complexity index is 1210. The van der Waals surface area contributed by atoms with Crippen LogP contribution < -0.4 is 4.74 Å². The highest BCUT2D eigenvalue weighted by atomic mass is 16.5. The van der Waals surface area contributed by atoms with Gasteiger partial charge in [-0.2, -0.15) is 0 Å². The molecule has 1 atom stereocenters. The monoisotopic (exact) mass is 439 g/mol. The average Bonchev–Trinajstić information content (AvgIpc) is 3.12. The van der Waals surface area contributed by atoms with Gasteiger partial charge in [0.15, 0.2) is 0 Å². The second-order valence-electron chi connectivity index (χ2n) is 8.20. The summed E-state index contributed by atoms with van der Waals surface area (Å²) in [6, 6.07) is 29.9. The van der Waals surface area contributed by atoms with Gasteiger partial charge < -0.3 is 14.0 Å². The molecule has 4 nitrogen and oxygen atoms in total. The summed E-state index contributed by atoms with van der Waals surface area (Å²) in [5.41, 5.74) is 6.15. The van der Waals surface area contributed by atoms with Crippen molar-refractivity contribution in [1.29, 1.82) is 0 Å². The highest BCUT2D eigenvalue weighted by molar-refractivity contribution is 5.83. The van der Waals surface area contributed by atoms with Crippen LogP contribution in [0, 0.1) is 13.8 Å². The van der Waals surface area contributed by atoms with Gasteiger partial charge in [0.05, 0.1) is 7.11 Å². The van der Waals surface area contributed by atoms with Gasteiger partial charge in [0.1, 0.15) is 18.3 Å². The number of aromatic nitrogens is 1. The second-order valence-corrected chi connectivity index (χ2v) is 8.20. The molecule has 33 heavy (non-hydrogen) atoms. The topological polar surface area (TPSA) is 40.5 Å². The van der Waals surface area contributed by atoms with Crippen molar-refractivity contribution in [3.8, 4) is 5.75 Å². The zero-order chi connectivity index (χ0) is 23.2. The molecule has 1 heterocycles. The van der Waals surface area contributed by atoms with Gasteiger partial charge >= 0.3 is 5.97 Å². The number of ether oxygens (including phenoxy) is 2. The van der Waals surface area contributed by atoms with E-state index in [4.69, 9.17) is 9.47 Å². The van der Waals surface area contributed by atoms with Crippen LogP contribution in [0.1, 0.15) is 39.6 Å². The Hall–Kier alpha value is -3.79. The Morgan fingerprint density at radius 3 is 2.18 bits per heavy atom. The predicted molar refractivity (Wildman–Crippen MR) is 131 cm³/mol. The van der Waals surface area contributed by atoms with Crippen molar-refractivity contribution in [3.05, 3.63) is 125 Å². The van der Waals surface area contributed by atoms with Gasteiger partial charge in [-0.05, 0) is 54.3 Å². The van der Waals surface area contributed by atoms with E-state index in [1.165, 1.54) is 5.56 Å². The molecule has 4 heteroatoms. The van der Waals surface area contributed by atoms with Gasteiger partial charge in [-0.3, -0.25) is 4.79 Å². The number of aryl methyl sites for hydroxylation is 1. The molecule has 0 aliphatic rings. The quantitative estimate of drug-likeness (QED) is 0.314. The lowest BCUT2D eigenvalue weighted by Crippen LogP contribution is -2.18. The third kappa shape index (κ3) is 5.17. The maximum atomic E-state index is 13.5. The molecule has 0 saturated heterocycles. The molecule has 168 valence electrons. The van der Waals surface area contributed by atoms with E-state index in [-0.39, 0.29) is 12.6 Å². The number of methoxy groups -OCH3 is 1.